The number of rotatable bonds is 3. The Morgan fingerprint density at radius 1 is 1.20 bits per heavy atom. The fourth-order valence-corrected chi connectivity index (χ4v) is 1.74. The Hall–Kier alpha value is -2.27. The number of nitrogens with zero attached hydrogens (tertiary/aromatic N) is 2. The molecule has 0 radical (unpaired) electrons. The van der Waals surface area contributed by atoms with Crippen molar-refractivity contribution in [3.8, 4) is 0 Å². The van der Waals surface area contributed by atoms with E-state index in [1.165, 1.54) is 5.56 Å². The van der Waals surface area contributed by atoms with Crippen molar-refractivity contribution in [2.24, 2.45) is 5.10 Å². The molecule has 2 N–H and O–H groups in total. The van der Waals surface area contributed by atoms with Crippen molar-refractivity contribution < 1.29 is 0 Å². The molecule has 0 aliphatic heterocycles. The average molecular weight is 284 g/mol. The van der Waals surface area contributed by atoms with E-state index in [2.05, 4.69) is 20.8 Å². The number of hydrogen-bond donors (Lipinski definition) is 2. The molecule has 0 bridgehead atoms. The topological polar surface area (TPSA) is 49.3 Å². The number of hydrazone groups is 1. The Kier molecular flexibility index (Phi) is 4.79. The summed E-state index contributed by atoms with van der Waals surface area (Å²) in [5.41, 5.74) is 6.75. The maximum atomic E-state index is 5.19. The summed E-state index contributed by atoms with van der Waals surface area (Å²) >= 11 is 5.19. The third-order valence-corrected chi connectivity index (χ3v) is 2.91. The summed E-state index contributed by atoms with van der Waals surface area (Å²) in [5.74, 6) is 0. The Labute approximate surface area is 123 Å². The summed E-state index contributed by atoms with van der Waals surface area (Å²) in [6.07, 6.45) is 3.49. The first-order chi connectivity index (χ1) is 9.65. The van der Waals surface area contributed by atoms with E-state index in [1.807, 2.05) is 50.2 Å². The van der Waals surface area contributed by atoms with Gasteiger partial charge in [0.15, 0.2) is 5.11 Å². The third kappa shape index (κ3) is 4.13. The van der Waals surface area contributed by atoms with Crippen LogP contribution in [0.1, 0.15) is 18.1 Å². The quantitative estimate of drug-likeness (QED) is 0.516. The van der Waals surface area contributed by atoms with Crippen molar-refractivity contribution in [1.82, 2.24) is 10.4 Å². The van der Waals surface area contributed by atoms with Crippen LogP contribution in [-0.2, 0) is 0 Å². The molecule has 5 heteroatoms. The number of pyridine rings is 1. The molecule has 102 valence electrons. The van der Waals surface area contributed by atoms with E-state index in [9.17, 15) is 0 Å². The Balaban J connectivity index is 1.93. The Morgan fingerprint density at radius 2 is 1.95 bits per heavy atom. The summed E-state index contributed by atoms with van der Waals surface area (Å²) in [6, 6.07) is 11.8. The molecule has 1 aromatic carbocycles. The van der Waals surface area contributed by atoms with E-state index in [4.69, 9.17) is 12.2 Å². The summed E-state index contributed by atoms with van der Waals surface area (Å²) in [6.45, 7) is 3.94. The standard InChI is InChI=1S/C15H16N4S/c1-11-5-7-14(8-6-11)17-15(20)19-18-12(2)13-4-3-9-16-10-13/h3-10H,1-2H3,(H2,17,19,20)/b18-12-. The zero-order chi connectivity index (χ0) is 14.4. The SMILES string of the molecule is C/C(=N/NC(=S)Nc1ccc(C)cc1)c1cccnc1. The molecule has 1 aromatic heterocycles. The summed E-state index contributed by atoms with van der Waals surface area (Å²) in [4.78, 5) is 4.05. The largest absolute Gasteiger partial charge is 0.331 e. The number of aromatic nitrogens is 1. The van der Waals surface area contributed by atoms with E-state index >= 15 is 0 Å². The minimum absolute atomic E-state index is 0.456. The van der Waals surface area contributed by atoms with Gasteiger partial charge in [-0.3, -0.25) is 10.4 Å². The van der Waals surface area contributed by atoms with Crippen LogP contribution in [0.4, 0.5) is 5.69 Å². The van der Waals surface area contributed by atoms with Gasteiger partial charge < -0.3 is 5.32 Å². The summed E-state index contributed by atoms with van der Waals surface area (Å²) in [5, 5.41) is 7.76. The second-order valence-corrected chi connectivity index (χ2v) is 4.78. The first kappa shape index (κ1) is 14.1. The second kappa shape index (κ2) is 6.77. The maximum absolute atomic E-state index is 5.19. The van der Waals surface area contributed by atoms with E-state index < -0.39 is 0 Å². The van der Waals surface area contributed by atoms with Gasteiger partial charge in [-0.15, -0.1) is 0 Å². The van der Waals surface area contributed by atoms with Gasteiger partial charge in [-0.2, -0.15) is 5.10 Å². The summed E-state index contributed by atoms with van der Waals surface area (Å²) < 4.78 is 0. The molecule has 0 fully saturated rings. The smallest absolute Gasteiger partial charge is 0.191 e. The van der Waals surface area contributed by atoms with Crippen LogP contribution in [0, 0.1) is 6.92 Å². The average Bonchev–Trinajstić information content (AvgIpc) is 2.48. The van der Waals surface area contributed by atoms with E-state index in [0.29, 0.717) is 5.11 Å². The van der Waals surface area contributed by atoms with Crippen molar-refractivity contribution in [3.63, 3.8) is 0 Å². The maximum Gasteiger partial charge on any atom is 0.191 e. The molecule has 0 atom stereocenters. The van der Waals surface area contributed by atoms with E-state index in [1.54, 1.807) is 12.4 Å². The van der Waals surface area contributed by atoms with Crippen LogP contribution in [0.2, 0.25) is 0 Å². The molecular formula is C15H16N4S. The summed E-state index contributed by atoms with van der Waals surface area (Å²) in [7, 11) is 0. The van der Waals surface area contributed by atoms with Crippen molar-refractivity contribution in [3.05, 3.63) is 59.9 Å². The van der Waals surface area contributed by atoms with Crippen LogP contribution in [0.3, 0.4) is 0 Å². The molecule has 0 spiro atoms. The number of thiocarbonyl (C=S) groups is 1. The van der Waals surface area contributed by atoms with Crippen molar-refractivity contribution >= 4 is 28.7 Å². The van der Waals surface area contributed by atoms with Gasteiger partial charge in [0, 0.05) is 23.6 Å². The van der Waals surface area contributed by atoms with Crippen molar-refractivity contribution in [1.29, 1.82) is 0 Å². The lowest BCUT2D eigenvalue weighted by atomic mass is 10.2. The molecule has 0 aliphatic carbocycles. The number of benzene rings is 1. The minimum atomic E-state index is 0.456. The number of hydrogen-bond acceptors (Lipinski definition) is 3. The van der Waals surface area contributed by atoms with Crippen LogP contribution in [0.25, 0.3) is 0 Å². The molecule has 0 amide bonds. The zero-order valence-electron chi connectivity index (χ0n) is 11.4. The molecule has 1 heterocycles. The predicted octanol–water partition coefficient (Wildman–Crippen LogP) is 3.10. The fourth-order valence-electron chi connectivity index (χ4n) is 1.57. The first-order valence-electron chi connectivity index (χ1n) is 6.23. The van der Waals surface area contributed by atoms with Crippen molar-refractivity contribution in [2.45, 2.75) is 13.8 Å². The molecule has 0 saturated heterocycles. The van der Waals surface area contributed by atoms with Gasteiger partial charge in [-0.05, 0) is 44.3 Å². The lowest BCUT2D eigenvalue weighted by molar-refractivity contribution is 1.04. The number of aryl methyl sites for hydroxylation is 1. The highest BCUT2D eigenvalue weighted by Crippen LogP contribution is 2.08. The van der Waals surface area contributed by atoms with Crippen LogP contribution in [0.5, 0.6) is 0 Å². The Morgan fingerprint density at radius 3 is 2.60 bits per heavy atom. The fraction of sp³-hybridized carbons (Fsp3) is 0.133. The van der Waals surface area contributed by atoms with Gasteiger partial charge in [-0.1, -0.05) is 23.8 Å². The molecule has 0 aliphatic rings. The highest BCUT2D eigenvalue weighted by molar-refractivity contribution is 7.80. The predicted molar refractivity (Wildman–Crippen MR) is 87.0 cm³/mol. The highest BCUT2D eigenvalue weighted by Gasteiger charge is 1.98. The minimum Gasteiger partial charge on any atom is -0.331 e. The van der Waals surface area contributed by atoms with Gasteiger partial charge in [0.2, 0.25) is 0 Å². The van der Waals surface area contributed by atoms with Gasteiger partial charge in [0.25, 0.3) is 0 Å². The molecule has 20 heavy (non-hydrogen) atoms. The number of anilines is 1. The normalized spacial score (nSPS) is 11.0. The van der Waals surface area contributed by atoms with Crippen LogP contribution in [0.15, 0.2) is 53.9 Å². The Bertz CT molecular complexity index is 606. The van der Waals surface area contributed by atoms with Crippen LogP contribution >= 0.6 is 12.2 Å². The molecule has 2 rings (SSSR count). The zero-order valence-corrected chi connectivity index (χ0v) is 12.2. The number of nitrogens with one attached hydrogen (secondary N) is 2. The van der Waals surface area contributed by atoms with Crippen LogP contribution < -0.4 is 10.7 Å². The molecule has 0 unspecified atom stereocenters. The van der Waals surface area contributed by atoms with E-state index in [0.717, 1.165) is 17.0 Å². The van der Waals surface area contributed by atoms with Gasteiger partial charge >= 0.3 is 0 Å². The third-order valence-electron chi connectivity index (χ3n) is 2.71. The molecule has 4 nitrogen and oxygen atoms in total. The molecule has 0 saturated carbocycles. The van der Waals surface area contributed by atoms with Crippen LogP contribution in [-0.4, -0.2) is 15.8 Å². The monoisotopic (exact) mass is 284 g/mol. The molecule has 2 aromatic rings. The van der Waals surface area contributed by atoms with E-state index in [-0.39, 0.29) is 0 Å². The lowest BCUT2D eigenvalue weighted by Gasteiger charge is -2.08. The van der Waals surface area contributed by atoms with Gasteiger partial charge in [0.05, 0.1) is 5.71 Å². The second-order valence-electron chi connectivity index (χ2n) is 4.37. The van der Waals surface area contributed by atoms with Gasteiger partial charge in [0.1, 0.15) is 0 Å². The molecular weight excluding hydrogens is 268 g/mol. The lowest BCUT2D eigenvalue weighted by Crippen LogP contribution is -2.24. The van der Waals surface area contributed by atoms with Crippen molar-refractivity contribution in [2.75, 3.05) is 5.32 Å². The highest BCUT2D eigenvalue weighted by atomic mass is 32.1. The first-order valence-corrected chi connectivity index (χ1v) is 6.64. The van der Waals surface area contributed by atoms with Gasteiger partial charge in [-0.25, -0.2) is 0 Å².